The molecular formula is C12H16N2. The van der Waals surface area contributed by atoms with Gasteiger partial charge in [0.25, 0.3) is 0 Å². The van der Waals surface area contributed by atoms with Crippen LogP contribution in [0.1, 0.15) is 31.4 Å². The molecule has 74 valence electrons. The molecule has 2 nitrogen and oxygen atoms in total. The molecule has 2 aromatic rings. The summed E-state index contributed by atoms with van der Waals surface area (Å²) in [6.45, 7) is 2.16. The lowest BCUT2D eigenvalue weighted by Gasteiger charge is -2.11. The summed E-state index contributed by atoms with van der Waals surface area (Å²) >= 11 is 0. The van der Waals surface area contributed by atoms with Gasteiger partial charge in [-0.3, -0.25) is 0 Å². The Kier molecular flexibility index (Phi) is 2.55. The van der Waals surface area contributed by atoms with Crippen molar-refractivity contribution in [1.82, 2.24) is 4.98 Å². The molecule has 3 N–H and O–H groups in total. The Labute approximate surface area is 84.1 Å². The molecule has 14 heavy (non-hydrogen) atoms. The normalized spacial score (nSPS) is 13.3. The molecule has 0 amide bonds. The lowest BCUT2D eigenvalue weighted by Crippen LogP contribution is -2.09. The van der Waals surface area contributed by atoms with E-state index < -0.39 is 0 Å². The number of H-pyrrole nitrogens is 1. The molecule has 0 aliphatic heterocycles. The number of aromatic nitrogens is 1. The number of fused-ring (bicyclic) bond motifs is 1. The fraction of sp³-hybridized carbons (Fsp3) is 0.333. The van der Waals surface area contributed by atoms with Gasteiger partial charge < -0.3 is 10.7 Å². The molecule has 0 aliphatic carbocycles. The van der Waals surface area contributed by atoms with E-state index in [1.54, 1.807) is 0 Å². The van der Waals surface area contributed by atoms with Gasteiger partial charge in [0.2, 0.25) is 0 Å². The molecule has 0 bridgehead atoms. The molecular weight excluding hydrogens is 172 g/mol. The fourth-order valence-corrected chi connectivity index (χ4v) is 1.90. The van der Waals surface area contributed by atoms with Gasteiger partial charge in [-0.2, -0.15) is 0 Å². The number of hydrogen-bond acceptors (Lipinski definition) is 1. The van der Waals surface area contributed by atoms with E-state index in [1.165, 1.54) is 16.5 Å². The van der Waals surface area contributed by atoms with E-state index in [1.807, 2.05) is 6.20 Å². The van der Waals surface area contributed by atoms with Crippen molar-refractivity contribution in [2.75, 3.05) is 0 Å². The predicted molar refractivity (Wildman–Crippen MR) is 60.1 cm³/mol. The molecule has 0 radical (unpaired) electrons. The summed E-state index contributed by atoms with van der Waals surface area (Å²) in [6.07, 6.45) is 4.14. The maximum atomic E-state index is 6.12. The van der Waals surface area contributed by atoms with Crippen molar-refractivity contribution < 1.29 is 0 Å². The minimum absolute atomic E-state index is 0.166. The second-order valence-corrected chi connectivity index (χ2v) is 3.68. The predicted octanol–water partition coefficient (Wildman–Crippen LogP) is 2.97. The standard InChI is InChI=1S/C12H16N2/c1-2-4-11(13)9-5-3-6-12-10(9)7-8-14-12/h3,5-8,11,14H,2,4,13H2,1H3/t11-/m0/s1. The second-order valence-electron chi connectivity index (χ2n) is 3.68. The number of nitrogens with two attached hydrogens (primary N) is 1. The molecule has 0 fully saturated rings. The molecule has 1 atom stereocenters. The van der Waals surface area contributed by atoms with E-state index in [2.05, 4.69) is 36.2 Å². The SMILES string of the molecule is CCC[C@H](N)c1cccc2[nH]ccc12. The van der Waals surface area contributed by atoms with Crippen LogP contribution in [-0.4, -0.2) is 4.98 Å². The van der Waals surface area contributed by atoms with Crippen molar-refractivity contribution in [3.8, 4) is 0 Å². The van der Waals surface area contributed by atoms with Crippen LogP contribution in [0.15, 0.2) is 30.5 Å². The van der Waals surface area contributed by atoms with Gasteiger partial charge in [-0.15, -0.1) is 0 Å². The quantitative estimate of drug-likeness (QED) is 0.764. The van der Waals surface area contributed by atoms with Crippen LogP contribution in [0.3, 0.4) is 0 Å². The molecule has 0 saturated heterocycles. The van der Waals surface area contributed by atoms with Crippen LogP contribution in [-0.2, 0) is 0 Å². The molecule has 0 spiro atoms. The van der Waals surface area contributed by atoms with E-state index >= 15 is 0 Å². The average Bonchev–Trinajstić information content (AvgIpc) is 2.65. The molecule has 1 aromatic heterocycles. The Balaban J connectivity index is 2.45. The lowest BCUT2D eigenvalue weighted by molar-refractivity contribution is 0.643. The van der Waals surface area contributed by atoms with E-state index in [4.69, 9.17) is 5.73 Å². The maximum absolute atomic E-state index is 6.12. The Hall–Kier alpha value is -1.28. The second kappa shape index (κ2) is 3.84. The van der Waals surface area contributed by atoms with Gasteiger partial charge in [-0.05, 0) is 24.1 Å². The molecule has 1 heterocycles. The maximum Gasteiger partial charge on any atom is 0.0457 e. The highest BCUT2D eigenvalue weighted by Crippen LogP contribution is 2.24. The number of aromatic amines is 1. The third kappa shape index (κ3) is 1.53. The van der Waals surface area contributed by atoms with E-state index in [-0.39, 0.29) is 6.04 Å². The number of rotatable bonds is 3. The number of benzene rings is 1. The van der Waals surface area contributed by atoms with E-state index in [0.717, 1.165) is 12.8 Å². The van der Waals surface area contributed by atoms with Gasteiger partial charge in [0.15, 0.2) is 0 Å². The molecule has 1 aromatic carbocycles. The van der Waals surface area contributed by atoms with Crippen LogP contribution in [0.2, 0.25) is 0 Å². The summed E-state index contributed by atoms with van der Waals surface area (Å²) in [4.78, 5) is 3.20. The molecule has 2 heteroatoms. The summed E-state index contributed by atoms with van der Waals surface area (Å²) in [6, 6.07) is 8.53. The van der Waals surface area contributed by atoms with Crippen molar-refractivity contribution in [2.45, 2.75) is 25.8 Å². The summed E-state index contributed by atoms with van der Waals surface area (Å²) in [5.41, 5.74) is 8.55. The third-order valence-corrected chi connectivity index (χ3v) is 2.63. The van der Waals surface area contributed by atoms with Crippen LogP contribution in [0.5, 0.6) is 0 Å². The lowest BCUT2D eigenvalue weighted by atomic mass is 10.00. The first kappa shape index (κ1) is 9.28. The van der Waals surface area contributed by atoms with Crippen LogP contribution >= 0.6 is 0 Å². The molecule has 0 unspecified atom stereocenters. The highest BCUT2D eigenvalue weighted by atomic mass is 14.7. The van der Waals surface area contributed by atoms with Gasteiger partial charge in [0.05, 0.1) is 0 Å². The Morgan fingerprint density at radius 3 is 3.00 bits per heavy atom. The monoisotopic (exact) mass is 188 g/mol. The number of nitrogens with one attached hydrogen (secondary N) is 1. The van der Waals surface area contributed by atoms with Crippen molar-refractivity contribution in [3.63, 3.8) is 0 Å². The zero-order valence-corrected chi connectivity index (χ0v) is 8.46. The van der Waals surface area contributed by atoms with Crippen molar-refractivity contribution in [3.05, 3.63) is 36.0 Å². The van der Waals surface area contributed by atoms with Crippen LogP contribution in [0.25, 0.3) is 10.9 Å². The first-order chi connectivity index (χ1) is 6.83. The first-order valence-electron chi connectivity index (χ1n) is 5.14. The summed E-state index contributed by atoms with van der Waals surface area (Å²) in [7, 11) is 0. The largest absolute Gasteiger partial charge is 0.361 e. The third-order valence-electron chi connectivity index (χ3n) is 2.63. The molecule has 0 saturated carbocycles. The summed E-state index contributed by atoms with van der Waals surface area (Å²) in [5, 5.41) is 1.26. The smallest absolute Gasteiger partial charge is 0.0457 e. The van der Waals surface area contributed by atoms with E-state index in [9.17, 15) is 0 Å². The minimum atomic E-state index is 0.166. The Morgan fingerprint density at radius 2 is 2.21 bits per heavy atom. The minimum Gasteiger partial charge on any atom is -0.361 e. The summed E-state index contributed by atoms with van der Waals surface area (Å²) < 4.78 is 0. The van der Waals surface area contributed by atoms with Gasteiger partial charge >= 0.3 is 0 Å². The highest BCUT2D eigenvalue weighted by Gasteiger charge is 2.08. The van der Waals surface area contributed by atoms with Crippen molar-refractivity contribution in [1.29, 1.82) is 0 Å². The first-order valence-corrected chi connectivity index (χ1v) is 5.14. The molecule has 0 aliphatic rings. The van der Waals surface area contributed by atoms with Gasteiger partial charge in [-0.1, -0.05) is 25.5 Å². The molecule has 2 rings (SSSR count). The van der Waals surface area contributed by atoms with Crippen molar-refractivity contribution in [2.24, 2.45) is 5.73 Å². The van der Waals surface area contributed by atoms with Gasteiger partial charge in [-0.25, -0.2) is 0 Å². The average molecular weight is 188 g/mol. The fourth-order valence-electron chi connectivity index (χ4n) is 1.90. The van der Waals surface area contributed by atoms with Gasteiger partial charge in [0.1, 0.15) is 0 Å². The number of hydrogen-bond donors (Lipinski definition) is 2. The Morgan fingerprint density at radius 1 is 1.36 bits per heavy atom. The zero-order valence-electron chi connectivity index (χ0n) is 8.46. The Bertz CT molecular complexity index is 417. The van der Waals surface area contributed by atoms with E-state index in [0.29, 0.717) is 0 Å². The highest BCUT2D eigenvalue weighted by molar-refractivity contribution is 5.83. The van der Waals surface area contributed by atoms with Crippen LogP contribution in [0, 0.1) is 0 Å². The van der Waals surface area contributed by atoms with Crippen LogP contribution in [0.4, 0.5) is 0 Å². The topological polar surface area (TPSA) is 41.8 Å². The summed E-state index contributed by atoms with van der Waals surface area (Å²) in [5.74, 6) is 0. The van der Waals surface area contributed by atoms with Crippen molar-refractivity contribution >= 4 is 10.9 Å². The van der Waals surface area contributed by atoms with Crippen LogP contribution < -0.4 is 5.73 Å². The van der Waals surface area contributed by atoms with Gasteiger partial charge in [0, 0.05) is 23.1 Å². The zero-order chi connectivity index (χ0) is 9.97.